The van der Waals surface area contributed by atoms with Gasteiger partial charge in [0.2, 0.25) is 0 Å². The molecule has 1 amide bonds. The van der Waals surface area contributed by atoms with Crippen LogP contribution in [0, 0.1) is 0 Å². The molecule has 2 heterocycles. The first-order chi connectivity index (χ1) is 11.8. The third kappa shape index (κ3) is 4.48. The number of benzene rings is 1. The summed E-state index contributed by atoms with van der Waals surface area (Å²) in [7, 11) is 0. The average Bonchev–Trinajstić information content (AvgIpc) is 2.87. The SMILES string of the molecule is CSc1ccccc1C(=O)N1CCCSC[C@H]1CN1CCOCC1. The highest BCUT2D eigenvalue weighted by Gasteiger charge is 2.29. The lowest BCUT2D eigenvalue weighted by atomic mass is 10.1. The molecule has 2 aliphatic heterocycles. The van der Waals surface area contributed by atoms with E-state index in [9.17, 15) is 4.79 Å². The zero-order valence-electron chi connectivity index (χ0n) is 14.3. The Kier molecular flexibility index (Phi) is 6.89. The van der Waals surface area contributed by atoms with Crippen LogP contribution in [0.5, 0.6) is 0 Å². The van der Waals surface area contributed by atoms with Gasteiger partial charge in [-0.25, -0.2) is 0 Å². The van der Waals surface area contributed by atoms with E-state index in [1.807, 2.05) is 42.3 Å². The van der Waals surface area contributed by atoms with Crippen molar-refractivity contribution in [3.8, 4) is 0 Å². The van der Waals surface area contributed by atoms with Gasteiger partial charge in [0.05, 0.1) is 24.8 Å². The van der Waals surface area contributed by atoms with Crippen molar-refractivity contribution in [2.45, 2.75) is 17.4 Å². The molecular formula is C18H26N2O2S2. The second-order valence-corrected chi connectivity index (χ2v) is 8.19. The first-order valence-electron chi connectivity index (χ1n) is 8.61. The molecule has 0 N–H and O–H groups in total. The van der Waals surface area contributed by atoms with E-state index in [1.165, 1.54) is 0 Å². The predicted molar refractivity (Wildman–Crippen MR) is 102 cm³/mol. The number of amides is 1. The molecule has 2 saturated heterocycles. The summed E-state index contributed by atoms with van der Waals surface area (Å²) < 4.78 is 5.46. The number of carbonyl (C=O) groups is 1. The Balaban J connectivity index is 1.77. The maximum absolute atomic E-state index is 13.2. The summed E-state index contributed by atoms with van der Waals surface area (Å²) in [6.45, 7) is 5.40. The van der Waals surface area contributed by atoms with E-state index < -0.39 is 0 Å². The van der Waals surface area contributed by atoms with E-state index in [4.69, 9.17) is 4.74 Å². The van der Waals surface area contributed by atoms with Crippen molar-refractivity contribution in [2.24, 2.45) is 0 Å². The molecule has 3 rings (SSSR count). The second-order valence-electron chi connectivity index (χ2n) is 6.19. The molecule has 0 saturated carbocycles. The summed E-state index contributed by atoms with van der Waals surface area (Å²) in [5.41, 5.74) is 0.851. The van der Waals surface area contributed by atoms with Crippen LogP contribution >= 0.6 is 23.5 Å². The number of thioether (sulfide) groups is 2. The third-order valence-corrected chi connectivity index (χ3v) is 6.60. The van der Waals surface area contributed by atoms with Gasteiger partial charge in [-0.05, 0) is 30.6 Å². The van der Waals surface area contributed by atoms with Gasteiger partial charge in [-0.3, -0.25) is 9.69 Å². The third-order valence-electron chi connectivity index (χ3n) is 4.61. The number of rotatable bonds is 4. The van der Waals surface area contributed by atoms with E-state index >= 15 is 0 Å². The van der Waals surface area contributed by atoms with Crippen LogP contribution in [0.25, 0.3) is 0 Å². The standard InChI is InChI=1S/C18H26N2O2S2/c1-23-17-6-3-2-5-16(17)18(21)20-7-4-12-24-14-15(20)13-19-8-10-22-11-9-19/h2-3,5-6,15H,4,7-14H2,1H3/t15-/m1/s1. The van der Waals surface area contributed by atoms with Crippen molar-refractivity contribution < 1.29 is 9.53 Å². The molecular weight excluding hydrogens is 340 g/mol. The minimum absolute atomic E-state index is 0.195. The van der Waals surface area contributed by atoms with Gasteiger partial charge < -0.3 is 9.64 Å². The summed E-state index contributed by atoms with van der Waals surface area (Å²) >= 11 is 3.63. The van der Waals surface area contributed by atoms with Crippen LogP contribution in [0.2, 0.25) is 0 Å². The summed E-state index contributed by atoms with van der Waals surface area (Å²) in [4.78, 5) is 18.9. The Bertz CT molecular complexity index is 550. The van der Waals surface area contributed by atoms with Gasteiger partial charge in [0.15, 0.2) is 0 Å². The first kappa shape index (κ1) is 18.1. The Morgan fingerprint density at radius 3 is 2.88 bits per heavy atom. The topological polar surface area (TPSA) is 32.8 Å². The van der Waals surface area contributed by atoms with Gasteiger partial charge in [0, 0.05) is 36.8 Å². The van der Waals surface area contributed by atoms with Crippen LogP contribution < -0.4 is 0 Å². The summed E-state index contributed by atoms with van der Waals surface area (Å²) in [6.07, 6.45) is 3.12. The molecule has 1 aromatic rings. The number of morpholine rings is 1. The molecule has 6 heteroatoms. The number of nitrogens with zero attached hydrogens (tertiary/aromatic N) is 2. The van der Waals surface area contributed by atoms with Crippen LogP contribution in [0.1, 0.15) is 16.8 Å². The molecule has 1 atom stereocenters. The maximum Gasteiger partial charge on any atom is 0.255 e. The molecule has 2 aliphatic rings. The summed E-state index contributed by atoms with van der Waals surface area (Å²) in [5.74, 6) is 2.37. The molecule has 0 aliphatic carbocycles. The molecule has 0 spiro atoms. The zero-order chi connectivity index (χ0) is 16.8. The molecule has 0 radical (unpaired) electrons. The Morgan fingerprint density at radius 1 is 1.29 bits per heavy atom. The van der Waals surface area contributed by atoms with Crippen molar-refractivity contribution in [1.29, 1.82) is 0 Å². The van der Waals surface area contributed by atoms with Crippen LogP contribution in [0.3, 0.4) is 0 Å². The van der Waals surface area contributed by atoms with Crippen LogP contribution in [0.15, 0.2) is 29.2 Å². The highest BCUT2D eigenvalue weighted by Crippen LogP contribution is 2.25. The van der Waals surface area contributed by atoms with E-state index in [0.717, 1.165) is 67.8 Å². The highest BCUT2D eigenvalue weighted by molar-refractivity contribution is 7.99. The number of carbonyl (C=O) groups excluding carboxylic acids is 1. The Morgan fingerprint density at radius 2 is 2.08 bits per heavy atom. The molecule has 0 bridgehead atoms. The van der Waals surface area contributed by atoms with Gasteiger partial charge in [-0.15, -0.1) is 11.8 Å². The van der Waals surface area contributed by atoms with Gasteiger partial charge in [-0.1, -0.05) is 12.1 Å². The zero-order valence-corrected chi connectivity index (χ0v) is 15.9. The molecule has 1 aromatic carbocycles. The number of hydrogen-bond donors (Lipinski definition) is 0. The first-order valence-corrected chi connectivity index (χ1v) is 11.0. The van der Waals surface area contributed by atoms with Crippen LogP contribution in [0.4, 0.5) is 0 Å². The monoisotopic (exact) mass is 366 g/mol. The van der Waals surface area contributed by atoms with Gasteiger partial charge in [0.25, 0.3) is 5.91 Å². The van der Waals surface area contributed by atoms with Gasteiger partial charge >= 0.3 is 0 Å². The van der Waals surface area contributed by atoms with Crippen molar-refractivity contribution >= 4 is 29.4 Å². The molecule has 0 aromatic heterocycles. The van der Waals surface area contributed by atoms with Crippen molar-refractivity contribution in [2.75, 3.05) is 57.2 Å². The highest BCUT2D eigenvalue weighted by atomic mass is 32.2. The number of hydrogen-bond acceptors (Lipinski definition) is 5. The van der Waals surface area contributed by atoms with E-state index in [-0.39, 0.29) is 11.9 Å². The average molecular weight is 367 g/mol. The minimum Gasteiger partial charge on any atom is -0.379 e. The quantitative estimate of drug-likeness (QED) is 0.765. The maximum atomic E-state index is 13.2. The van der Waals surface area contributed by atoms with Crippen LogP contribution in [-0.2, 0) is 4.74 Å². The lowest BCUT2D eigenvalue weighted by Crippen LogP contribution is -2.50. The molecule has 2 fully saturated rings. The molecule has 4 nitrogen and oxygen atoms in total. The van der Waals surface area contributed by atoms with E-state index in [1.54, 1.807) is 11.8 Å². The fraction of sp³-hybridized carbons (Fsp3) is 0.611. The Labute approximate surface area is 153 Å². The molecule has 0 unspecified atom stereocenters. The fourth-order valence-electron chi connectivity index (χ4n) is 3.31. The van der Waals surface area contributed by atoms with Crippen molar-refractivity contribution in [3.63, 3.8) is 0 Å². The van der Waals surface area contributed by atoms with E-state index in [0.29, 0.717) is 0 Å². The second kappa shape index (κ2) is 9.13. The Hall–Kier alpha value is -0.690. The van der Waals surface area contributed by atoms with Gasteiger partial charge in [0.1, 0.15) is 0 Å². The van der Waals surface area contributed by atoms with Crippen molar-refractivity contribution in [3.05, 3.63) is 29.8 Å². The summed E-state index contributed by atoms with van der Waals surface area (Å²) in [6, 6.07) is 8.28. The lowest BCUT2D eigenvalue weighted by Gasteiger charge is -2.36. The fourth-order valence-corrected chi connectivity index (χ4v) is 4.95. The lowest BCUT2D eigenvalue weighted by molar-refractivity contribution is 0.0244. The minimum atomic E-state index is 0.195. The van der Waals surface area contributed by atoms with Gasteiger partial charge in [-0.2, -0.15) is 11.8 Å². The normalized spacial score (nSPS) is 23.0. The smallest absolute Gasteiger partial charge is 0.255 e. The number of ether oxygens (including phenoxy) is 1. The largest absolute Gasteiger partial charge is 0.379 e. The molecule has 132 valence electrons. The van der Waals surface area contributed by atoms with Crippen molar-refractivity contribution in [1.82, 2.24) is 9.80 Å². The van der Waals surface area contributed by atoms with Crippen LogP contribution in [-0.4, -0.2) is 78.9 Å². The predicted octanol–water partition coefficient (Wildman–Crippen LogP) is 2.69. The summed E-state index contributed by atoms with van der Waals surface area (Å²) in [5, 5.41) is 0. The van der Waals surface area contributed by atoms with E-state index in [2.05, 4.69) is 9.80 Å². The molecule has 24 heavy (non-hydrogen) atoms.